The molecule has 1 fully saturated rings. The van der Waals surface area contributed by atoms with Crippen molar-refractivity contribution >= 4 is 23.0 Å². The molecular formula is C23H23F2N5O3S. The van der Waals surface area contributed by atoms with Crippen molar-refractivity contribution in [3.8, 4) is 0 Å². The fraction of sp³-hybridized carbons (Fsp3) is 0.391. The number of nitrogens with zero attached hydrogens (tertiary/aromatic N) is 5. The SMILES string of the molecule is Cn1ccc(=O)n1CC(=O)N1CCC(c2nc(C3=NOC(c4c(F)cccc4F)C3)cs2)CC1. The Kier molecular flexibility index (Phi) is 6.03. The molecular weight excluding hydrogens is 464 g/mol. The van der Waals surface area contributed by atoms with Crippen LogP contribution in [0.15, 0.2) is 45.8 Å². The van der Waals surface area contributed by atoms with Crippen LogP contribution in [-0.4, -0.2) is 44.0 Å². The van der Waals surface area contributed by atoms with Crippen LogP contribution in [0, 0.1) is 11.6 Å². The largest absolute Gasteiger partial charge is 0.387 e. The predicted octanol–water partition coefficient (Wildman–Crippen LogP) is 3.19. The summed E-state index contributed by atoms with van der Waals surface area (Å²) in [5.41, 5.74) is 0.905. The number of aryl methyl sites for hydroxylation is 1. The summed E-state index contributed by atoms with van der Waals surface area (Å²) in [7, 11) is 1.73. The van der Waals surface area contributed by atoms with Crippen LogP contribution in [0.25, 0.3) is 0 Å². The maximum Gasteiger partial charge on any atom is 0.267 e. The van der Waals surface area contributed by atoms with Crippen molar-refractivity contribution in [2.45, 2.75) is 37.8 Å². The van der Waals surface area contributed by atoms with Crippen LogP contribution in [0.3, 0.4) is 0 Å². The fourth-order valence-corrected chi connectivity index (χ4v) is 5.40. The van der Waals surface area contributed by atoms with Crippen molar-refractivity contribution in [1.29, 1.82) is 0 Å². The molecule has 3 aromatic rings. The van der Waals surface area contributed by atoms with Crippen LogP contribution in [0.2, 0.25) is 0 Å². The monoisotopic (exact) mass is 487 g/mol. The number of thiazole rings is 1. The molecule has 5 rings (SSSR count). The van der Waals surface area contributed by atoms with Gasteiger partial charge in [-0.3, -0.25) is 14.3 Å². The second kappa shape index (κ2) is 9.13. The number of hydrogen-bond acceptors (Lipinski definition) is 6. The average Bonchev–Trinajstić information content (AvgIpc) is 3.56. The van der Waals surface area contributed by atoms with E-state index in [-0.39, 0.29) is 35.9 Å². The molecule has 0 aliphatic carbocycles. The highest BCUT2D eigenvalue weighted by atomic mass is 32.1. The summed E-state index contributed by atoms with van der Waals surface area (Å²) in [6.07, 6.45) is 2.61. The van der Waals surface area contributed by atoms with E-state index in [1.807, 2.05) is 5.38 Å². The Morgan fingerprint density at radius 1 is 1.21 bits per heavy atom. The molecule has 8 nitrogen and oxygen atoms in total. The maximum atomic E-state index is 14.1. The highest BCUT2D eigenvalue weighted by Gasteiger charge is 2.31. The molecule has 4 heterocycles. The van der Waals surface area contributed by atoms with Crippen LogP contribution < -0.4 is 5.56 Å². The van der Waals surface area contributed by atoms with Gasteiger partial charge in [0.2, 0.25) is 5.91 Å². The van der Waals surface area contributed by atoms with Crippen LogP contribution in [0.4, 0.5) is 8.78 Å². The van der Waals surface area contributed by atoms with Crippen LogP contribution >= 0.6 is 11.3 Å². The molecule has 1 aromatic carbocycles. The molecule has 1 unspecified atom stereocenters. The van der Waals surface area contributed by atoms with Crippen LogP contribution in [0.5, 0.6) is 0 Å². The summed E-state index contributed by atoms with van der Waals surface area (Å²) in [5, 5.41) is 6.87. The van der Waals surface area contributed by atoms with E-state index in [0.717, 1.165) is 17.8 Å². The molecule has 0 bridgehead atoms. The lowest BCUT2D eigenvalue weighted by molar-refractivity contribution is -0.133. The van der Waals surface area contributed by atoms with Crippen LogP contribution in [-0.2, 0) is 23.2 Å². The predicted molar refractivity (Wildman–Crippen MR) is 122 cm³/mol. The average molecular weight is 488 g/mol. The van der Waals surface area contributed by atoms with Gasteiger partial charge in [0, 0.05) is 50.1 Å². The van der Waals surface area contributed by atoms with Crippen molar-refractivity contribution < 1.29 is 18.4 Å². The van der Waals surface area contributed by atoms with Gasteiger partial charge >= 0.3 is 0 Å². The topological polar surface area (TPSA) is 81.7 Å². The molecule has 2 aromatic heterocycles. The van der Waals surface area contributed by atoms with Crippen molar-refractivity contribution in [2.24, 2.45) is 12.2 Å². The molecule has 0 radical (unpaired) electrons. The minimum absolute atomic E-state index is 0.0258. The summed E-state index contributed by atoms with van der Waals surface area (Å²) >= 11 is 1.52. The van der Waals surface area contributed by atoms with E-state index in [1.54, 1.807) is 22.8 Å². The fourth-order valence-electron chi connectivity index (χ4n) is 4.40. The van der Waals surface area contributed by atoms with Gasteiger partial charge in [-0.2, -0.15) is 0 Å². The molecule has 0 spiro atoms. The number of carbonyl (C=O) groups is 1. The standard InChI is InChI=1S/C23H23F2N5O3S/c1-28-8-7-20(31)30(28)12-21(32)29-9-5-14(6-10-29)23-26-18(13-34-23)17-11-19(33-27-17)22-15(24)3-2-4-16(22)25/h2-4,7-8,13-14,19H,5-6,9-12H2,1H3. The number of oxime groups is 1. The van der Waals surface area contributed by atoms with Crippen molar-refractivity contribution in [3.05, 3.63) is 74.1 Å². The van der Waals surface area contributed by atoms with Gasteiger partial charge in [0.15, 0.2) is 6.10 Å². The Balaban J connectivity index is 1.19. The van der Waals surface area contributed by atoms with Gasteiger partial charge < -0.3 is 9.74 Å². The zero-order chi connectivity index (χ0) is 23.8. The van der Waals surface area contributed by atoms with E-state index in [4.69, 9.17) is 9.82 Å². The Morgan fingerprint density at radius 3 is 2.62 bits per heavy atom. The molecule has 1 saturated heterocycles. The summed E-state index contributed by atoms with van der Waals surface area (Å²) in [6, 6.07) is 5.16. The zero-order valence-corrected chi connectivity index (χ0v) is 19.3. The third kappa shape index (κ3) is 4.27. The first-order valence-electron chi connectivity index (χ1n) is 11.0. The lowest BCUT2D eigenvalue weighted by atomic mass is 9.97. The molecule has 178 valence electrons. The first-order chi connectivity index (χ1) is 16.4. The highest BCUT2D eigenvalue weighted by molar-refractivity contribution is 7.10. The van der Waals surface area contributed by atoms with Crippen molar-refractivity contribution in [1.82, 2.24) is 19.2 Å². The number of benzene rings is 1. The highest BCUT2D eigenvalue weighted by Crippen LogP contribution is 2.35. The second-order valence-corrected chi connectivity index (χ2v) is 9.37. The first kappa shape index (κ1) is 22.5. The number of aromatic nitrogens is 3. The molecule has 1 amide bonds. The van der Waals surface area contributed by atoms with Gasteiger partial charge in [0.1, 0.15) is 23.9 Å². The summed E-state index contributed by atoms with van der Waals surface area (Å²) in [5.74, 6) is -1.17. The number of rotatable bonds is 5. The molecule has 1 atom stereocenters. The van der Waals surface area contributed by atoms with Crippen LogP contribution in [0.1, 0.15) is 47.5 Å². The third-order valence-electron chi connectivity index (χ3n) is 6.36. The lowest BCUT2D eigenvalue weighted by Gasteiger charge is -2.31. The molecule has 0 N–H and O–H groups in total. The minimum atomic E-state index is -0.813. The van der Waals surface area contributed by atoms with E-state index in [1.165, 1.54) is 40.3 Å². The van der Waals surface area contributed by atoms with Crippen molar-refractivity contribution in [3.63, 3.8) is 0 Å². The maximum absolute atomic E-state index is 14.1. The smallest absolute Gasteiger partial charge is 0.267 e. The minimum Gasteiger partial charge on any atom is -0.387 e. The Bertz CT molecular complexity index is 1290. The second-order valence-electron chi connectivity index (χ2n) is 8.48. The molecule has 34 heavy (non-hydrogen) atoms. The Morgan fingerprint density at radius 2 is 1.94 bits per heavy atom. The van der Waals surface area contributed by atoms with E-state index < -0.39 is 17.7 Å². The first-order valence-corrected chi connectivity index (χ1v) is 11.9. The number of likely N-dealkylation sites (tertiary alicyclic amines) is 1. The number of amides is 1. The van der Waals surface area contributed by atoms with Crippen molar-refractivity contribution in [2.75, 3.05) is 13.1 Å². The van der Waals surface area contributed by atoms with E-state index in [0.29, 0.717) is 24.5 Å². The lowest BCUT2D eigenvalue weighted by Crippen LogP contribution is -2.41. The molecule has 11 heteroatoms. The van der Waals surface area contributed by atoms with Gasteiger partial charge in [-0.15, -0.1) is 11.3 Å². The van der Waals surface area contributed by atoms with Gasteiger partial charge in [0.25, 0.3) is 5.56 Å². The quantitative estimate of drug-likeness (QED) is 0.554. The summed E-state index contributed by atoms with van der Waals surface area (Å²) in [4.78, 5) is 36.3. The summed E-state index contributed by atoms with van der Waals surface area (Å²) in [6.45, 7) is 1.21. The van der Waals surface area contributed by atoms with Gasteiger partial charge in [-0.25, -0.2) is 18.4 Å². The van der Waals surface area contributed by atoms with E-state index in [9.17, 15) is 18.4 Å². The number of hydrogen-bond donors (Lipinski definition) is 0. The number of carbonyl (C=O) groups excluding carboxylic acids is 1. The normalized spacial score (nSPS) is 18.7. The Hall–Kier alpha value is -3.34. The van der Waals surface area contributed by atoms with E-state index in [2.05, 4.69) is 5.16 Å². The number of piperidine rings is 1. The van der Waals surface area contributed by atoms with E-state index >= 15 is 0 Å². The van der Waals surface area contributed by atoms with Gasteiger partial charge in [-0.05, 0) is 25.0 Å². The van der Waals surface area contributed by atoms with Gasteiger partial charge in [-0.1, -0.05) is 11.2 Å². The number of halogens is 2. The van der Waals surface area contributed by atoms with Gasteiger partial charge in [0.05, 0.1) is 16.3 Å². The molecule has 2 aliphatic heterocycles. The molecule has 2 aliphatic rings. The molecule has 0 saturated carbocycles. The summed E-state index contributed by atoms with van der Waals surface area (Å²) < 4.78 is 31.2. The third-order valence-corrected chi connectivity index (χ3v) is 7.37. The Labute approximate surface area is 198 Å². The zero-order valence-electron chi connectivity index (χ0n) is 18.5.